The van der Waals surface area contributed by atoms with Gasteiger partial charge < -0.3 is 15.4 Å². The molecule has 1 aliphatic heterocycles. The Balaban J connectivity index is 1.34. The topological polar surface area (TPSA) is 83.6 Å². The Morgan fingerprint density at radius 2 is 1.79 bits per heavy atom. The summed E-state index contributed by atoms with van der Waals surface area (Å²) in [7, 11) is -3.51. The van der Waals surface area contributed by atoms with Gasteiger partial charge >= 0.3 is 0 Å². The number of nitrogens with zero attached hydrogens (tertiary/aromatic N) is 2. The van der Waals surface area contributed by atoms with Crippen molar-refractivity contribution < 1.29 is 13.2 Å². The fourth-order valence-corrected chi connectivity index (χ4v) is 5.80. The SMILES string of the molecule is O=S(=O)(c1ccc(CNC(=S)Nc2cccnc2Sc2ccc(Cl)cc2)cc1)N1CCOCC1. The molecule has 0 spiro atoms. The maximum absolute atomic E-state index is 12.8. The standard InChI is InChI=1S/C23H23ClN4O3S3/c24-18-5-7-19(8-6-18)33-22-21(2-1-11-25-22)27-23(32)26-16-17-3-9-20(10-4-17)34(29,30)28-12-14-31-15-13-28/h1-11H,12-16H2,(H2,26,27,32). The van der Waals surface area contributed by atoms with Crippen LogP contribution in [0.25, 0.3) is 0 Å². The molecule has 34 heavy (non-hydrogen) atoms. The number of hydrogen-bond donors (Lipinski definition) is 2. The van der Waals surface area contributed by atoms with Gasteiger partial charge in [0.1, 0.15) is 5.03 Å². The average molecular weight is 535 g/mol. The first-order valence-electron chi connectivity index (χ1n) is 10.5. The molecule has 2 N–H and O–H groups in total. The van der Waals surface area contributed by atoms with Crippen LogP contribution in [0.2, 0.25) is 5.02 Å². The van der Waals surface area contributed by atoms with Gasteiger partial charge in [-0.1, -0.05) is 35.5 Å². The predicted molar refractivity (Wildman–Crippen MR) is 139 cm³/mol. The van der Waals surface area contributed by atoms with Crippen LogP contribution in [0.15, 0.2) is 81.7 Å². The maximum Gasteiger partial charge on any atom is 0.243 e. The Hall–Kier alpha value is -2.21. The second-order valence-corrected chi connectivity index (χ2v) is 11.2. The highest BCUT2D eigenvalue weighted by molar-refractivity contribution is 7.99. The van der Waals surface area contributed by atoms with Crippen LogP contribution in [0.4, 0.5) is 5.69 Å². The molecule has 2 aromatic carbocycles. The zero-order chi connectivity index (χ0) is 24.0. The summed E-state index contributed by atoms with van der Waals surface area (Å²) in [6, 6.07) is 18.1. The van der Waals surface area contributed by atoms with Gasteiger partial charge in [0.15, 0.2) is 5.11 Å². The number of thiocarbonyl (C=S) groups is 1. The molecule has 11 heteroatoms. The molecule has 0 amide bonds. The molecule has 7 nitrogen and oxygen atoms in total. The van der Waals surface area contributed by atoms with Crippen molar-refractivity contribution in [1.29, 1.82) is 0 Å². The van der Waals surface area contributed by atoms with E-state index in [0.717, 1.165) is 21.2 Å². The Labute approximate surface area is 213 Å². The number of rotatable bonds is 7. The second-order valence-electron chi connectivity index (χ2n) is 7.38. The van der Waals surface area contributed by atoms with Crippen LogP contribution < -0.4 is 10.6 Å². The minimum atomic E-state index is -3.51. The van der Waals surface area contributed by atoms with Crippen LogP contribution >= 0.6 is 35.6 Å². The first kappa shape index (κ1) is 24.9. The summed E-state index contributed by atoms with van der Waals surface area (Å²) in [5, 5.41) is 8.25. The van der Waals surface area contributed by atoms with E-state index in [-0.39, 0.29) is 4.90 Å². The number of aromatic nitrogens is 1. The summed E-state index contributed by atoms with van der Waals surface area (Å²) in [4.78, 5) is 5.74. The van der Waals surface area contributed by atoms with Crippen LogP contribution in [0.1, 0.15) is 5.56 Å². The lowest BCUT2D eigenvalue weighted by molar-refractivity contribution is 0.0730. The summed E-state index contributed by atoms with van der Waals surface area (Å²) in [5.74, 6) is 0. The van der Waals surface area contributed by atoms with Gasteiger partial charge in [-0.2, -0.15) is 4.31 Å². The molecule has 0 atom stereocenters. The van der Waals surface area contributed by atoms with Crippen molar-refractivity contribution in [3.05, 3.63) is 77.4 Å². The molecule has 1 fully saturated rings. The number of sulfonamides is 1. The van der Waals surface area contributed by atoms with Gasteiger partial charge in [-0.3, -0.25) is 0 Å². The number of morpholine rings is 1. The molecule has 0 aliphatic carbocycles. The third-order valence-electron chi connectivity index (χ3n) is 5.03. The number of pyridine rings is 1. The quantitative estimate of drug-likeness (QED) is 0.432. The molecule has 3 aromatic rings. The van der Waals surface area contributed by atoms with E-state index < -0.39 is 10.0 Å². The first-order valence-corrected chi connectivity index (χ1v) is 13.6. The molecule has 2 heterocycles. The maximum atomic E-state index is 12.8. The van der Waals surface area contributed by atoms with Crippen molar-refractivity contribution in [2.45, 2.75) is 21.4 Å². The number of ether oxygens (including phenoxy) is 1. The molecule has 0 radical (unpaired) electrons. The molecular formula is C23H23ClN4O3S3. The largest absolute Gasteiger partial charge is 0.379 e. The zero-order valence-corrected chi connectivity index (χ0v) is 21.3. The Kier molecular flexibility index (Phi) is 8.41. The summed E-state index contributed by atoms with van der Waals surface area (Å²) < 4.78 is 32.2. The Bertz CT molecular complexity index is 1230. The second kappa shape index (κ2) is 11.5. The highest BCUT2D eigenvalue weighted by atomic mass is 35.5. The van der Waals surface area contributed by atoms with Crippen molar-refractivity contribution >= 4 is 56.4 Å². The average Bonchev–Trinajstić information content (AvgIpc) is 2.86. The van der Waals surface area contributed by atoms with Crippen LogP contribution in [0.3, 0.4) is 0 Å². The monoisotopic (exact) mass is 534 g/mol. The Morgan fingerprint density at radius 1 is 1.09 bits per heavy atom. The Morgan fingerprint density at radius 3 is 2.50 bits per heavy atom. The summed E-state index contributed by atoms with van der Waals surface area (Å²) in [6.45, 7) is 2.03. The van der Waals surface area contributed by atoms with E-state index in [0.29, 0.717) is 43.0 Å². The molecule has 1 aromatic heterocycles. The zero-order valence-electron chi connectivity index (χ0n) is 18.1. The van der Waals surface area contributed by atoms with Crippen LogP contribution in [0, 0.1) is 0 Å². The predicted octanol–water partition coefficient (Wildman–Crippen LogP) is 4.39. The first-order chi connectivity index (χ1) is 16.4. The van der Waals surface area contributed by atoms with Gasteiger partial charge in [0.05, 0.1) is 23.8 Å². The van der Waals surface area contributed by atoms with Gasteiger partial charge in [-0.25, -0.2) is 13.4 Å². The number of halogens is 1. The number of benzene rings is 2. The summed E-state index contributed by atoms with van der Waals surface area (Å²) in [5.41, 5.74) is 1.69. The minimum absolute atomic E-state index is 0.276. The van der Waals surface area contributed by atoms with Crippen molar-refractivity contribution in [1.82, 2.24) is 14.6 Å². The van der Waals surface area contributed by atoms with Crippen LogP contribution in [-0.4, -0.2) is 49.1 Å². The van der Waals surface area contributed by atoms with Crippen LogP contribution in [0.5, 0.6) is 0 Å². The minimum Gasteiger partial charge on any atom is -0.379 e. The lowest BCUT2D eigenvalue weighted by Gasteiger charge is -2.26. The highest BCUT2D eigenvalue weighted by Crippen LogP contribution is 2.32. The number of nitrogens with one attached hydrogen (secondary N) is 2. The lowest BCUT2D eigenvalue weighted by atomic mass is 10.2. The van der Waals surface area contributed by atoms with E-state index in [2.05, 4.69) is 15.6 Å². The molecule has 4 rings (SSSR count). The lowest BCUT2D eigenvalue weighted by Crippen LogP contribution is -2.40. The van der Waals surface area contributed by atoms with E-state index in [1.807, 2.05) is 36.4 Å². The van der Waals surface area contributed by atoms with Gasteiger partial charge in [-0.05, 0) is 66.3 Å². The van der Waals surface area contributed by atoms with E-state index in [9.17, 15) is 8.42 Å². The van der Waals surface area contributed by atoms with Gasteiger partial charge in [0.2, 0.25) is 10.0 Å². The number of hydrogen-bond acceptors (Lipinski definition) is 6. The van der Waals surface area contributed by atoms with Gasteiger partial charge in [0, 0.05) is 35.7 Å². The highest BCUT2D eigenvalue weighted by Gasteiger charge is 2.26. The van der Waals surface area contributed by atoms with Crippen molar-refractivity contribution in [2.75, 3.05) is 31.6 Å². The van der Waals surface area contributed by atoms with Crippen molar-refractivity contribution in [2.24, 2.45) is 0 Å². The third kappa shape index (κ3) is 6.47. The molecule has 0 unspecified atom stereocenters. The summed E-state index contributed by atoms with van der Waals surface area (Å²) in [6.07, 6.45) is 1.73. The van der Waals surface area contributed by atoms with E-state index >= 15 is 0 Å². The van der Waals surface area contributed by atoms with E-state index in [1.54, 1.807) is 30.5 Å². The molecule has 0 bridgehead atoms. The fraction of sp³-hybridized carbons (Fsp3) is 0.217. The molecule has 178 valence electrons. The molecule has 1 aliphatic rings. The van der Waals surface area contributed by atoms with Gasteiger partial charge in [-0.15, -0.1) is 0 Å². The summed E-state index contributed by atoms with van der Waals surface area (Å²) >= 11 is 12.9. The van der Waals surface area contributed by atoms with Crippen molar-refractivity contribution in [3.63, 3.8) is 0 Å². The van der Waals surface area contributed by atoms with Crippen LogP contribution in [-0.2, 0) is 21.3 Å². The molecular weight excluding hydrogens is 512 g/mol. The third-order valence-corrected chi connectivity index (χ3v) is 8.47. The molecule has 0 saturated carbocycles. The number of anilines is 1. The normalized spacial score (nSPS) is 14.5. The van der Waals surface area contributed by atoms with E-state index in [1.165, 1.54) is 16.1 Å². The smallest absolute Gasteiger partial charge is 0.243 e. The van der Waals surface area contributed by atoms with Gasteiger partial charge in [0.25, 0.3) is 0 Å². The fourth-order valence-electron chi connectivity index (χ4n) is 3.25. The van der Waals surface area contributed by atoms with E-state index in [4.69, 9.17) is 28.6 Å². The molecule has 1 saturated heterocycles. The van der Waals surface area contributed by atoms with Crippen molar-refractivity contribution in [3.8, 4) is 0 Å².